The summed E-state index contributed by atoms with van der Waals surface area (Å²) < 4.78 is 0. The number of aliphatic hydroxyl groups is 1. The average Bonchev–Trinajstić information content (AvgIpc) is 3.09. The highest BCUT2D eigenvalue weighted by molar-refractivity contribution is 7.09. The molecule has 0 bridgehead atoms. The highest BCUT2D eigenvalue weighted by atomic mass is 32.1. The van der Waals surface area contributed by atoms with Crippen LogP contribution in [0.2, 0.25) is 0 Å². The Hall–Kier alpha value is -1.75. The van der Waals surface area contributed by atoms with Crippen LogP contribution in [0.5, 0.6) is 0 Å². The highest BCUT2D eigenvalue weighted by Gasteiger charge is 2.17. The van der Waals surface area contributed by atoms with Crippen LogP contribution >= 0.6 is 11.3 Å². The Kier molecular flexibility index (Phi) is 5.39. The molecular weight excluding hydrogens is 304 g/mol. The molecule has 120 valence electrons. The molecule has 3 nitrogen and oxygen atoms in total. The maximum absolute atomic E-state index is 9.72. The number of thiophene rings is 1. The van der Waals surface area contributed by atoms with Gasteiger partial charge in [0.25, 0.3) is 0 Å². The van der Waals surface area contributed by atoms with E-state index in [0.717, 1.165) is 30.4 Å². The molecule has 0 amide bonds. The molecular formula is C19H22N2OS. The number of aromatic nitrogens is 1. The normalized spacial score (nSPS) is 12.8. The van der Waals surface area contributed by atoms with E-state index in [0.29, 0.717) is 0 Å². The number of fused-ring (bicyclic) bond motifs is 1. The molecule has 1 aromatic carbocycles. The number of hydrogen-bond acceptors (Lipinski definition) is 4. The summed E-state index contributed by atoms with van der Waals surface area (Å²) in [6, 6.07) is 14.8. The van der Waals surface area contributed by atoms with Crippen molar-refractivity contribution in [2.24, 2.45) is 0 Å². The predicted octanol–water partition coefficient (Wildman–Crippen LogP) is 4.07. The van der Waals surface area contributed by atoms with Crippen LogP contribution in [0.15, 0.2) is 54.0 Å². The first-order valence-electron chi connectivity index (χ1n) is 8.01. The topological polar surface area (TPSA) is 36.4 Å². The maximum Gasteiger partial charge on any atom is 0.0702 e. The van der Waals surface area contributed by atoms with Crippen molar-refractivity contribution in [2.75, 3.05) is 6.61 Å². The number of nitrogens with zero attached hydrogens (tertiary/aromatic N) is 2. The van der Waals surface area contributed by atoms with Gasteiger partial charge in [0, 0.05) is 35.6 Å². The zero-order valence-corrected chi connectivity index (χ0v) is 14.2. The Balaban J connectivity index is 1.83. The van der Waals surface area contributed by atoms with Crippen molar-refractivity contribution in [1.82, 2.24) is 9.88 Å². The van der Waals surface area contributed by atoms with Gasteiger partial charge < -0.3 is 5.11 Å². The summed E-state index contributed by atoms with van der Waals surface area (Å²) in [6.07, 6.45) is 2.89. The van der Waals surface area contributed by atoms with Gasteiger partial charge >= 0.3 is 0 Å². The largest absolute Gasteiger partial charge is 0.395 e. The Bertz CT molecular complexity index is 738. The molecule has 0 aliphatic rings. The summed E-state index contributed by atoms with van der Waals surface area (Å²) in [7, 11) is 0. The van der Waals surface area contributed by atoms with Gasteiger partial charge in [0.05, 0.1) is 12.1 Å². The lowest BCUT2D eigenvalue weighted by Crippen LogP contribution is -2.36. The Morgan fingerprint density at radius 1 is 1.17 bits per heavy atom. The number of hydrogen-bond donors (Lipinski definition) is 1. The van der Waals surface area contributed by atoms with E-state index in [4.69, 9.17) is 0 Å². The van der Waals surface area contributed by atoms with Crippen LogP contribution in [0, 0.1) is 0 Å². The summed E-state index contributed by atoms with van der Waals surface area (Å²) in [5, 5.41) is 13.0. The Morgan fingerprint density at radius 3 is 2.78 bits per heavy atom. The standard InChI is InChI=1S/C19H22N2OS/c1-2-17(14-22)21(13-18-7-5-9-23-18)12-15-10-16-6-3-4-8-19(16)20-11-15/h3-11,17,22H,2,12-14H2,1H3/t17-/m1/s1. The summed E-state index contributed by atoms with van der Waals surface area (Å²) >= 11 is 1.76. The van der Waals surface area contributed by atoms with E-state index in [9.17, 15) is 5.11 Å². The Labute approximate surface area is 141 Å². The molecule has 0 saturated carbocycles. The molecule has 3 rings (SSSR count). The van der Waals surface area contributed by atoms with Crippen LogP contribution < -0.4 is 0 Å². The van der Waals surface area contributed by atoms with Crippen LogP contribution in [0.4, 0.5) is 0 Å². The maximum atomic E-state index is 9.72. The molecule has 4 heteroatoms. The lowest BCUT2D eigenvalue weighted by molar-refractivity contribution is 0.107. The van der Waals surface area contributed by atoms with Crippen molar-refractivity contribution < 1.29 is 5.11 Å². The van der Waals surface area contributed by atoms with Crippen LogP contribution in [0.25, 0.3) is 10.9 Å². The molecule has 2 aromatic heterocycles. The molecule has 1 atom stereocenters. The fourth-order valence-electron chi connectivity index (χ4n) is 2.86. The van der Waals surface area contributed by atoms with Gasteiger partial charge in [-0.2, -0.15) is 0 Å². The second-order valence-corrected chi connectivity index (χ2v) is 6.80. The molecule has 0 fully saturated rings. The predicted molar refractivity (Wildman–Crippen MR) is 96.5 cm³/mol. The monoisotopic (exact) mass is 326 g/mol. The Morgan fingerprint density at radius 2 is 2.04 bits per heavy atom. The van der Waals surface area contributed by atoms with E-state index in [-0.39, 0.29) is 12.6 Å². The first kappa shape index (κ1) is 16.1. The van der Waals surface area contributed by atoms with Gasteiger partial charge in [-0.1, -0.05) is 31.2 Å². The number of rotatable bonds is 7. The van der Waals surface area contributed by atoms with E-state index in [2.05, 4.69) is 46.5 Å². The first-order chi connectivity index (χ1) is 11.3. The minimum absolute atomic E-state index is 0.170. The third kappa shape index (κ3) is 3.96. The quantitative estimate of drug-likeness (QED) is 0.711. The number of pyridine rings is 1. The lowest BCUT2D eigenvalue weighted by atomic mass is 10.1. The van der Waals surface area contributed by atoms with Crippen molar-refractivity contribution in [3.63, 3.8) is 0 Å². The van der Waals surface area contributed by atoms with E-state index < -0.39 is 0 Å². The SMILES string of the molecule is CC[C@H](CO)N(Cc1cnc2ccccc2c1)Cc1cccs1. The summed E-state index contributed by atoms with van der Waals surface area (Å²) in [5.74, 6) is 0. The third-order valence-electron chi connectivity index (χ3n) is 4.17. The molecule has 23 heavy (non-hydrogen) atoms. The number of aliphatic hydroxyl groups excluding tert-OH is 1. The minimum atomic E-state index is 0.170. The smallest absolute Gasteiger partial charge is 0.0702 e. The molecule has 1 N–H and O–H groups in total. The first-order valence-corrected chi connectivity index (χ1v) is 8.89. The molecule has 0 aliphatic carbocycles. The van der Waals surface area contributed by atoms with Gasteiger partial charge in [0.15, 0.2) is 0 Å². The van der Waals surface area contributed by atoms with Gasteiger partial charge in [-0.3, -0.25) is 9.88 Å². The van der Waals surface area contributed by atoms with Crippen LogP contribution in [-0.4, -0.2) is 27.6 Å². The molecule has 0 saturated heterocycles. The van der Waals surface area contributed by atoms with E-state index in [1.807, 2.05) is 24.4 Å². The third-order valence-corrected chi connectivity index (χ3v) is 5.03. The zero-order valence-electron chi connectivity index (χ0n) is 13.4. The van der Waals surface area contributed by atoms with Crippen molar-refractivity contribution in [2.45, 2.75) is 32.5 Å². The van der Waals surface area contributed by atoms with Crippen molar-refractivity contribution in [3.8, 4) is 0 Å². The molecule has 3 aromatic rings. The molecule has 0 radical (unpaired) electrons. The fraction of sp³-hybridized carbons (Fsp3) is 0.316. The zero-order chi connectivity index (χ0) is 16.1. The van der Waals surface area contributed by atoms with Crippen molar-refractivity contribution in [1.29, 1.82) is 0 Å². The van der Waals surface area contributed by atoms with E-state index in [1.54, 1.807) is 11.3 Å². The van der Waals surface area contributed by atoms with E-state index >= 15 is 0 Å². The van der Waals surface area contributed by atoms with Crippen molar-refractivity contribution >= 4 is 22.2 Å². The molecule has 0 unspecified atom stereocenters. The highest BCUT2D eigenvalue weighted by Crippen LogP contribution is 2.20. The van der Waals surface area contributed by atoms with Gasteiger partial charge in [-0.15, -0.1) is 11.3 Å². The van der Waals surface area contributed by atoms with Gasteiger partial charge in [0.1, 0.15) is 0 Å². The molecule has 0 aliphatic heterocycles. The number of para-hydroxylation sites is 1. The molecule has 0 spiro atoms. The minimum Gasteiger partial charge on any atom is -0.395 e. The summed E-state index contributed by atoms with van der Waals surface area (Å²) in [4.78, 5) is 8.23. The van der Waals surface area contributed by atoms with Crippen LogP contribution in [0.3, 0.4) is 0 Å². The molecule has 2 heterocycles. The number of benzene rings is 1. The van der Waals surface area contributed by atoms with Crippen LogP contribution in [-0.2, 0) is 13.1 Å². The van der Waals surface area contributed by atoms with Gasteiger partial charge in [-0.05, 0) is 35.6 Å². The summed E-state index contributed by atoms with van der Waals surface area (Å²) in [6.45, 7) is 3.97. The lowest BCUT2D eigenvalue weighted by Gasteiger charge is -2.29. The second-order valence-electron chi connectivity index (χ2n) is 5.77. The van der Waals surface area contributed by atoms with E-state index in [1.165, 1.54) is 10.4 Å². The summed E-state index contributed by atoms with van der Waals surface area (Å²) in [5.41, 5.74) is 2.21. The van der Waals surface area contributed by atoms with Gasteiger partial charge in [-0.25, -0.2) is 0 Å². The average molecular weight is 326 g/mol. The fourth-order valence-corrected chi connectivity index (χ4v) is 3.59. The second kappa shape index (κ2) is 7.68. The van der Waals surface area contributed by atoms with Gasteiger partial charge in [0.2, 0.25) is 0 Å². The van der Waals surface area contributed by atoms with Crippen molar-refractivity contribution in [3.05, 3.63) is 64.5 Å². The van der Waals surface area contributed by atoms with Crippen LogP contribution in [0.1, 0.15) is 23.8 Å².